The van der Waals surface area contributed by atoms with Crippen molar-refractivity contribution in [3.63, 3.8) is 0 Å². The van der Waals surface area contributed by atoms with Gasteiger partial charge in [0.15, 0.2) is 21.5 Å². The number of hydrogen-bond acceptors (Lipinski definition) is 21. The van der Waals surface area contributed by atoms with E-state index in [9.17, 15) is 40.4 Å². The predicted octanol–water partition coefficient (Wildman–Crippen LogP) is 6.35. The summed E-state index contributed by atoms with van der Waals surface area (Å²) in [6.07, 6.45) is 2.38. The molecule has 23 nitrogen and oxygen atoms in total. The van der Waals surface area contributed by atoms with Crippen LogP contribution >= 0.6 is 0 Å². The second-order valence-electron chi connectivity index (χ2n) is 21.9. The minimum absolute atomic E-state index is 0.0138. The number of amides is 2. The van der Waals surface area contributed by atoms with Gasteiger partial charge in [-0.15, -0.1) is 0 Å². The largest absolute Gasteiger partial charge is 0.444 e. The fourth-order valence-corrected chi connectivity index (χ4v) is 10.6. The number of nitrogens with one attached hydrogen (secondary N) is 1. The number of halogens is 4. The number of hydrogen-bond donors (Lipinski definition) is 2. The molecule has 90 heavy (non-hydrogen) atoms. The average molecular weight is 1300 g/mol. The predicted molar refractivity (Wildman–Crippen MR) is 326 cm³/mol. The monoisotopic (exact) mass is 1300 g/mol. The average Bonchev–Trinajstić information content (AvgIpc) is 0.879. The Bertz CT molecular complexity index is 2820. The van der Waals surface area contributed by atoms with Crippen LogP contribution in [0.4, 0.5) is 28.0 Å². The number of likely N-dealkylation sites (N-methyl/N-ethyl adjacent to an activating group) is 1. The van der Waals surface area contributed by atoms with E-state index >= 15 is 0 Å². The highest BCUT2D eigenvalue weighted by molar-refractivity contribution is 7.92. The Hall–Kier alpha value is -5.73. The first kappa shape index (κ1) is 75.0. The van der Waals surface area contributed by atoms with Crippen LogP contribution in [0.5, 0.6) is 5.75 Å². The topological polar surface area (TPSA) is 256 Å². The van der Waals surface area contributed by atoms with Gasteiger partial charge in [-0.1, -0.05) is 31.2 Å². The number of ether oxygens (including phenoxy) is 12. The lowest BCUT2D eigenvalue weighted by molar-refractivity contribution is -0.136. The third kappa shape index (κ3) is 28.0. The van der Waals surface area contributed by atoms with Crippen molar-refractivity contribution >= 4 is 45.4 Å². The van der Waals surface area contributed by atoms with Crippen LogP contribution in [0, 0.1) is 23.3 Å². The number of amidine groups is 1. The number of rotatable bonds is 46. The van der Waals surface area contributed by atoms with Crippen molar-refractivity contribution in [1.82, 2.24) is 20.0 Å². The summed E-state index contributed by atoms with van der Waals surface area (Å²) in [5, 5.41) is 2.21. The van der Waals surface area contributed by atoms with Crippen molar-refractivity contribution in [2.45, 2.75) is 69.1 Å². The molecule has 0 aliphatic carbocycles. The molecule has 5 rings (SSSR count). The summed E-state index contributed by atoms with van der Waals surface area (Å²) in [5.74, 6) is -9.40. The van der Waals surface area contributed by atoms with Crippen LogP contribution in [-0.4, -0.2) is 243 Å². The van der Waals surface area contributed by atoms with Crippen molar-refractivity contribution < 1.29 is 97.2 Å². The molecule has 2 aliphatic heterocycles. The molecule has 0 radical (unpaired) electrons. The van der Waals surface area contributed by atoms with Crippen LogP contribution in [0.2, 0.25) is 0 Å². The molecule has 3 aromatic carbocycles. The van der Waals surface area contributed by atoms with Crippen molar-refractivity contribution in [1.29, 1.82) is 0 Å². The zero-order valence-electron chi connectivity index (χ0n) is 52.4. The van der Waals surface area contributed by atoms with E-state index in [1.165, 1.54) is 0 Å². The third-order valence-corrected chi connectivity index (χ3v) is 15.4. The number of carbonyl (C=O) groups excluding carboxylic acids is 3. The molecule has 0 aromatic heterocycles. The van der Waals surface area contributed by atoms with Gasteiger partial charge in [-0.05, 0) is 76.1 Å². The molecule has 2 amide bonds. The fraction of sp³-hybridized carbons (Fsp3) is 0.613. The van der Waals surface area contributed by atoms with Crippen LogP contribution in [0.25, 0.3) is 17.2 Å². The van der Waals surface area contributed by atoms with E-state index in [1.54, 1.807) is 43.9 Å². The number of alkyl carbamates (subject to hydrolysis) is 1. The quantitative estimate of drug-likeness (QED) is 0.0205. The highest BCUT2D eigenvalue weighted by Gasteiger charge is 2.38. The fourth-order valence-electron chi connectivity index (χ4n) is 8.82. The van der Waals surface area contributed by atoms with E-state index in [4.69, 9.17) is 57.8 Å². The molecule has 0 spiro atoms. The summed E-state index contributed by atoms with van der Waals surface area (Å²) in [4.78, 5) is 48.5. The molecule has 1 saturated heterocycles. The Morgan fingerprint density at radius 2 is 1.17 bits per heavy atom. The molecule has 2 aliphatic rings. The van der Waals surface area contributed by atoms with E-state index < -0.39 is 68.2 Å². The van der Waals surface area contributed by atoms with Gasteiger partial charge in [0.25, 0.3) is 0 Å². The number of nitrogens with zero attached hydrogens (tertiary/aromatic N) is 4. The number of carbonyl (C=O) groups is 3. The first-order valence-corrected chi connectivity index (χ1v) is 31.8. The van der Waals surface area contributed by atoms with Gasteiger partial charge in [-0.3, -0.25) is 19.4 Å². The number of likely N-dealkylation sites (tertiary alicyclic amines) is 1. The van der Waals surface area contributed by atoms with Gasteiger partial charge in [-0.2, -0.15) is 8.78 Å². The highest BCUT2D eigenvalue weighted by Crippen LogP contribution is 2.34. The lowest BCUT2D eigenvalue weighted by Crippen LogP contribution is -2.57. The molecule has 504 valence electrons. The van der Waals surface area contributed by atoms with Gasteiger partial charge in [0.1, 0.15) is 11.4 Å². The van der Waals surface area contributed by atoms with E-state index in [0.29, 0.717) is 169 Å². The second-order valence-corrected chi connectivity index (χ2v) is 24.1. The number of fused-ring (bicyclic) bond motifs is 1. The molecule has 1 fully saturated rings. The maximum atomic E-state index is 13.8. The maximum Gasteiger partial charge on any atom is 0.407 e. The summed E-state index contributed by atoms with van der Waals surface area (Å²) in [6.45, 7) is 17.8. The number of benzene rings is 3. The summed E-state index contributed by atoms with van der Waals surface area (Å²) in [5.41, 5.74) is 9.09. The van der Waals surface area contributed by atoms with Crippen LogP contribution in [0.3, 0.4) is 0 Å². The summed E-state index contributed by atoms with van der Waals surface area (Å²) in [7, 11) is -1.64. The van der Waals surface area contributed by atoms with E-state index in [-0.39, 0.29) is 55.6 Å². The standard InChI is InChI=1S/C62H90F4N6O17S/c1-6-15-72(16-8-14-68-61(75)89-62(2,3)4)60(74)49-38-48-12-11-47(40-54(48)69-55(67)41-49)46-9-7-10-50(39-46)90(76,77)51-43-71(44-51)45-70(5)17-19-79-21-23-81-25-27-83-29-31-85-33-35-87-37-36-86-34-32-84-30-28-82-26-24-80-22-20-78-18-13-56(73)88-59-57(65)52(63)42-53(64)58(59)66/h7,9-12,38-40,42,51H,6,8,13-37,41,43-45H2,1-5H3,(H2,67,69)(H,68,75). The Balaban J connectivity index is 0.792. The molecule has 0 saturated carbocycles. The zero-order chi connectivity index (χ0) is 65.2. The van der Waals surface area contributed by atoms with Crippen molar-refractivity contribution in [3.8, 4) is 16.9 Å². The van der Waals surface area contributed by atoms with E-state index in [2.05, 4.69) is 24.8 Å². The first-order valence-electron chi connectivity index (χ1n) is 30.3. The number of sulfone groups is 1. The molecular weight excluding hydrogens is 1210 g/mol. The molecule has 3 aromatic rings. The van der Waals surface area contributed by atoms with Gasteiger partial charge in [0.05, 0.1) is 161 Å². The molecule has 0 bridgehead atoms. The maximum absolute atomic E-state index is 13.8. The Morgan fingerprint density at radius 1 is 0.667 bits per heavy atom. The van der Waals surface area contributed by atoms with Gasteiger partial charge >= 0.3 is 12.1 Å². The first-order chi connectivity index (χ1) is 43.2. The van der Waals surface area contributed by atoms with Crippen molar-refractivity contribution in [2.24, 2.45) is 10.7 Å². The van der Waals surface area contributed by atoms with E-state index in [0.717, 1.165) is 23.1 Å². The number of aliphatic imine (C=N–C) groups is 1. The SMILES string of the molecule is CCCN(CCCNC(=O)OC(C)(C)C)C(=O)C1=Cc2ccc(-c3cccc(S(=O)(=O)C4CN(CN(C)CCOCCOCCOCCOCCOCCOCCOCCOCCOCCOCCC(=O)Oc5c(F)c(F)cc(F)c5F)C4)c3)cc2N=C(N)C1. The number of esters is 1. The second kappa shape index (κ2) is 41.0. The Morgan fingerprint density at radius 3 is 1.68 bits per heavy atom. The highest BCUT2D eigenvalue weighted by atomic mass is 32.2. The van der Waals surface area contributed by atoms with Gasteiger partial charge in [0, 0.05) is 62.9 Å². The lowest BCUT2D eigenvalue weighted by atomic mass is 10.0. The molecule has 3 N–H and O–H groups in total. The normalized spacial score (nSPS) is 13.8. The van der Waals surface area contributed by atoms with Crippen LogP contribution in [-0.2, 0) is 71.5 Å². The van der Waals surface area contributed by atoms with Crippen LogP contribution < -0.4 is 15.8 Å². The minimum Gasteiger partial charge on any atom is -0.444 e. The molecule has 2 heterocycles. The van der Waals surface area contributed by atoms with E-state index in [1.807, 2.05) is 44.3 Å². The Labute approximate surface area is 525 Å². The summed E-state index contributed by atoms with van der Waals surface area (Å²) >= 11 is 0. The summed E-state index contributed by atoms with van der Waals surface area (Å²) < 4.78 is 146. The van der Waals surface area contributed by atoms with Crippen LogP contribution in [0.1, 0.15) is 58.9 Å². The van der Waals surface area contributed by atoms with Gasteiger partial charge in [-0.25, -0.2) is 27.0 Å². The summed E-state index contributed by atoms with van der Waals surface area (Å²) in [6, 6.07) is 12.6. The van der Waals surface area contributed by atoms with Crippen molar-refractivity contribution in [3.05, 3.63) is 82.9 Å². The minimum atomic E-state index is -3.62. The molecular formula is C62H90F4N6O17S. The molecule has 0 unspecified atom stereocenters. The van der Waals surface area contributed by atoms with Crippen molar-refractivity contribution in [2.75, 3.05) is 185 Å². The smallest absolute Gasteiger partial charge is 0.407 e. The van der Waals surface area contributed by atoms with Gasteiger partial charge < -0.3 is 72.8 Å². The lowest BCUT2D eigenvalue weighted by Gasteiger charge is -2.40. The third-order valence-electron chi connectivity index (χ3n) is 13.3. The van der Waals surface area contributed by atoms with Crippen LogP contribution in [0.15, 0.2) is 64.0 Å². The number of nitrogens with two attached hydrogens (primary N) is 1. The molecule has 28 heteroatoms. The zero-order valence-corrected chi connectivity index (χ0v) is 53.2. The Kier molecular flexibility index (Phi) is 34.1. The molecule has 0 atom stereocenters. The van der Waals surface area contributed by atoms with Gasteiger partial charge in [0.2, 0.25) is 23.3 Å².